The van der Waals surface area contributed by atoms with Crippen molar-refractivity contribution < 1.29 is 9.53 Å². The molecule has 1 aromatic carbocycles. The maximum absolute atomic E-state index is 12.8. The highest BCUT2D eigenvalue weighted by molar-refractivity contribution is 5.70. The number of hydrogen-bond acceptors (Lipinski definition) is 5. The van der Waals surface area contributed by atoms with Gasteiger partial charge in [-0.3, -0.25) is 9.88 Å². The predicted molar refractivity (Wildman–Crippen MR) is 151 cm³/mol. The molecule has 0 saturated carbocycles. The zero-order valence-corrected chi connectivity index (χ0v) is 23.6. The predicted octanol–water partition coefficient (Wildman–Crippen LogP) is 5.76. The monoisotopic (exact) mass is 506 g/mol. The lowest BCUT2D eigenvalue weighted by Gasteiger charge is -2.40. The molecule has 0 radical (unpaired) electrons. The fourth-order valence-electron chi connectivity index (χ4n) is 5.69. The number of aromatic nitrogens is 1. The number of nitrogens with one attached hydrogen (secondary N) is 1. The largest absolute Gasteiger partial charge is 0.444 e. The zero-order chi connectivity index (χ0) is 26.4. The van der Waals surface area contributed by atoms with Crippen LogP contribution in [0.2, 0.25) is 0 Å². The molecule has 1 atom stereocenters. The average Bonchev–Trinajstić information content (AvgIpc) is 2.88. The van der Waals surface area contributed by atoms with Gasteiger partial charge in [-0.2, -0.15) is 0 Å². The van der Waals surface area contributed by atoms with E-state index in [9.17, 15) is 4.79 Å². The minimum atomic E-state index is -0.478. The van der Waals surface area contributed by atoms with Crippen LogP contribution in [-0.2, 0) is 30.5 Å². The van der Waals surface area contributed by atoms with Crippen LogP contribution in [0.15, 0.2) is 36.5 Å². The number of aryl methyl sites for hydroxylation is 2. The van der Waals surface area contributed by atoms with Crippen LogP contribution in [0.3, 0.4) is 0 Å². The number of ether oxygens (including phenoxy) is 1. The van der Waals surface area contributed by atoms with Gasteiger partial charge in [-0.05, 0) is 108 Å². The Bertz CT molecular complexity index is 1010. The topological polar surface area (TPSA) is 57.7 Å². The Morgan fingerprint density at radius 3 is 2.51 bits per heavy atom. The number of carbonyl (C=O) groups excluding carboxylic acids is 1. The van der Waals surface area contributed by atoms with E-state index in [1.54, 1.807) is 0 Å². The van der Waals surface area contributed by atoms with E-state index in [4.69, 9.17) is 4.74 Å². The van der Waals surface area contributed by atoms with Crippen molar-refractivity contribution >= 4 is 11.8 Å². The molecule has 6 heteroatoms. The smallest absolute Gasteiger partial charge is 0.410 e. The lowest BCUT2D eigenvalue weighted by Crippen LogP contribution is -2.50. The normalized spacial score (nSPS) is 19.9. The first kappa shape index (κ1) is 27.4. The van der Waals surface area contributed by atoms with Crippen LogP contribution in [0.1, 0.15) is 75.8 Å². The van der Waals surface area contributed by atoms with E-state index in [1.807, 2.05) is 45.0 Å². The number of anilines is 1. The third-order valence-electron chi connectivity index (χ3n) is 7.76. The van der Waals surface area contributed by atoms with Crippen LogP contribution in [0, 0.1) is 5.92 Å². The highest BCUT2D eigenvalue weighted by Crippen LogP contribution is 2.34. The molecule has 0 bridgehead atoms. The maximum atomic E-state index is 12.8. The summed E-state index contributed by atoms with van der Waals surface area (Å²) >= 11 is 0. The molecule has 1 fully saturated rings. The van der Waals surface area contributed by atoms with Gasteiger partial charge in [-0.15, -0.1) is 0 Å². The summed E-state index contributed by atoms with van der Waals surface area (Å²) in [7, 11) is 1.95. The summed E-state index contributed by atoms with van der Waals surface area (Å²) < 4.78 is 5.68. The molecule has 2 aliphatic heterocycles. The lowest BCUT2D eigenvalue weighted by atomic mass is 9.90. The van der Waals surface area contributed by atoms with Crippen LogP contribution in [0.5, 0.6) is 0 Å². The van der Waals surface area contributed by atoms with Crippen molar-refractivity contribution in [2.45, 2.75) is 90.8 Å². The number of hydrogen-bond donors (Lipinski definition) is 1. The van der Waals surface area contributed by atoms with Crippen LogP contribution in [0.4, 0.5) is 10.5 Å². The van der Waals surface area contributed by atoms with E-state index in [0.717, 1.165) is 32.0 Å². The summed E-state index contributed by atoms with van der Waals surface area (Å²) in [4.78, 5) is 21.6. The van der Waals surface area contributed by atoms with E-state index < -0.39 is 5.60 Å². The Morgan fingerprint density at radius 2 is 1.81 bits per heavy atom. The number of pyridine rings is 1. The second-order valence-electron chi connectivity index (χ2n) is 11.9. The Morgan fingerprint density at radius 1 is 1.08 bits per heavy atom. The lowest BCUT2D eigenvalue weighted by molar-refractivity contribution is 0.0122. The quantitative estimate of drug-likeness (QED) is 0.573. The molecule has 202 valence electrons. The van der Waals surface area contributed by atoms with Crippen molar-refractivity contribution in [3.8, 4) is 0 Å². The van der Waals surface area contributed by atoms with E-state index in [1.165, 1.54) is 66.6 Å². The first-order valence-corrected chi connectivity index (χ1v) is 14.2. The van der Waals surface area contributed by atoms with Crippen LogP contribution in [-0.4, -0.2) is 54.3 Å². The average molecular weight is 507 g/mol. The SMILES string of the molecule is CNCC1Cc2c(cccc2N2CCC(C)CC2)CN1C(=O)OC(C)(C)C.c1cnc2c(c1)CCCC2. The second-order valence-corrected chi connectivity index (χ2v) is 11.9. The second kappa shape index (κ2) is 12.3. The molecule has 3 aliphatic rings. The summed E-state index contributed by atoms with van der Waals surface area (Å²) in [6.45, 7) is 11.8. The molecule has 1 unspecified atom stereocenters. The van der Waals surface area contributed by atoms with Crippen molar-refractivity contribution in [2.75, 3.05) is 31.6 Å². The molecule has 37 heavy (non-hydrogen) atoms. The molecule has 1 N–H and O–H groups in total. The van der Waals surface area contributed by atoms with Crippen molar-refractivity contribution in [3.05, 3.63) is 58.9 Å². The van der Waals surface area contributed by atoms with Crippen molar-refractivity contribution in [3.63, 3.8) is 0 Å². The Labute approximate surface area is 223 Å². The van der Waals surface area contributed by atoms with Gasteiger partial charge in [-0.25, -0.2) is 4.79 Å². The van der Waals surface area contributed by atoms with Crippen molar-refractivity contribution in [1.82, 2.24) is 15.2 Å². The molecule has 1 aliphatic carbocycles. The minimum absolute atomic E-state index is 0.113. The van der Waals surface area contributed by atoms with Gasteiger partial charge in [0.2, 0.25) is 0 Å². The third kappa shape index (κ3) is 7.25. The van der Waals surface area contributed by atoms with Gasteiger partial charge < -0.3 is 15.0 Å². The summed E-state index contributed by atoms with van der Waals surface area (Å²) in [6.07, 6.45) is 10.2. The van der Waals surface area contributed by atoms with Crippen LogP contribution < -0.4 is 10.2 Å². The molecule has 0 spiro atoms. The fourth-order valence-corrected chi connectivity index (χ4v) is 5.69. The molecule has 1 amide bonds. The standard InChI is InChI=1S/C22H35N3O2.C9H11N/c1-16-9-11-24(12-10-16)20-8-6-7-17-15-25(21(26)27-22(2,3)4)18(14-23-5)13-19(17)20;1-2-6-9-8(4-1)5-3-7-10-9/h6-8,16,18,23H,9-15H2,1-5H3;3,5,7H,1-2,4,6H2. The Kier molecular flexibility index (Phi) is 9.12. The Balaban J connectivity index is 0.000000265. The van der Waals surface area contributed by atoms with Crippen molar-refractivity contribution in [1.29, 1.82) is 0 Å². The summed E-state index contributed by atoms with van der Waals surface area (Å²) in [5, 5.41) is 3.26. The molecular formula is C31H46N4O2. The first-order chi connectivity index (χ1) is 17.7. The molecule has 6 nitrogen and oxygen atoms in total. The summed E-state index contributed by atoms with van der Waals surface area (Å²) in [6, 6.07) is 10.9. The number of fused-ring (bicyclic) bond motifs is 2. The van der Waals surface area contributed by atoms with Gasteiger partial charge in [0.05, 0.1) is 6.04 Å². The van der Waals surface area contributed by atoms with Gasteiger partial charge in [0, 0.05) is 43.8 Å². The Hall–Kier alpha value is -2.60. The van der Waals surface area contributed by atoms with E-state index >= 15 is 0 Å². The number of nitrogens with zero attached hydrogens (tertiary/aromatic N) is 3. The fraction of sp³-hybridized carbons (Fsp3) is 0.613. The number of amides is 1. The molecule has 1 saturated heterocycles. The van der Waals surface area contributed by atoms with Crippen molar-refractivity contribution in [2.24, 2.45) is 5.92 Å². The van der Waals surface area contributed by atoms with E-state index in [0.29, 0.717) is 6.54 Å². The molecule has 1 aromatic heterocycles. The van der Waals surface area contributed by atoms with Gasteiger partial charge in [-0.1, -0.05) is 25.1 Å². The summed E-state index contributed by atoms with van der Waals surface area (Å²) in [5.41, 5.74) is 6.34. The number of likely N-dealkylation sites (N-methyl/N-ethyl adjacent to an activating group) is 1. The maximum Gasteiger partial charge on any atom is 0.410 e. The van der Waals surface area contributed by atoms with Crippen LogP contribution in [0.25, 0.3) is 0 Å². The molecule has 5 rings (SSSR count). The van der Waals surface area contributed by atoms with Gasteiger partial charge in [0.1, 0.15) is 5.60 Å². The van der Waals surface area contributed by atoms with Crippen LogP contribution >= 0.6 is 0 Å². The molecule has 3 heterocycles. The first-order valence-electron chi connectivity index (χ1n) is 14.2. The van der Waals surface area contributed by atoms with Gasteiger partial charge >= 0.3 is 6.09 Å². The van der Waals surface area contributed by atoms with E-state index in [2.05, 4.69) is 46.4 Å². The van der Waals surface area contributed by atoms with Gasteiger partial charge in [0.15, 0.2) is 0 Å². The minimum Gasteiger partial charge on any atom is -0.444 e. The number of carbonyl (C=O) groups is 1. The third-order valence-corrected chi connectivity index (χ3v) is 7.76. The van der Waals surface area contributed by atoms with Gasteiger partial charge in [0.25, 0.3) is 0 Å². The summed E-state index contributed by atoms with van der Waals surface area (Å²) in [5.74, 6) is 0.820. The number of benzene rings is 1. The molecular weight excluding hydrogens is 460 g/mol. The molecule has 2 aromatic rings. The highest BCUT2D eigenvalue weighted by atomic mass is 16.6. The highest BCUT2D eigenvalue weighted by Gasteiger charge is 2.34. The zero-order valence-electron chi connectivity index (χ0n) is 23.6. The number of piperidine rings is 1. The number of rotatable bonds is 3. The van der Waals surface area contributed by atoms with E-state index in [-0.39, 0.29) is 12.1 Å².